The normalized spacial score (nSPS) is 18.3. The van der Waals surface area contributed by atoms with E-state index in [1.807, 2.05) is 18.2 Å². The molecule has 2 N–H and O–H groups in total. The molecule has 3 nitrogen and oxygen atoms in total. The summed E-state index contributed by atoms with van der Waals surface area (Å²) >= 11 is 0. The molecule has 0 saturated carbocycles. The molecule has 0 spiro atoms. The van der Waals surface area contributed by atoms with Crippen molar-refractivity contribution in [3.63, 3.8) is 0 Å². The summed E-state index contributed by atoms with van der Waals surface area (Å²) in [6, 6.07) is 7.56. The van der Waals surface area contributed by atoms with Gasteiger partial charge in [0.2, 0.25) is 0 Å². The molecule has 4 heteroatoms. The van der Waals surface area contributed by atoms with E-state index in [1.165, 1.54) is 12.8 Å². The molecule has 17 heavy (non-hydrogen) atoms. The lowest BCUT2D eigenvalue weighted by molar-refractivity contribution is 0.185. The molecular formula is C13H20BNO2. The van der Waals surface area contributed by atoms with Gasteiger partial charge in [-0.1, -0.05) is 31.2 Å². The quantitative estimate of drug-likeness (QED) is 0.751. The molecule has 0 bridgehead atoms. The molecule has 1 heterocycles. The summed E-state index contributed by atoms with van der Waals surface area (Å²) in [4.78, 5) is 2.39. The Bertz CT molecular complexity index is 362. The largest absolute Gasteiger partial charge is 0.488 e. The Morgan fingerprint density at radius 2 is 1.88 bits per heavy atom. The number of benzene rings is 1. The highest BCUT2D eigenvalue weighted by Crippen LogP contribution is 2.17. The molecule has 0 aromatic heterocycles. The topological polar surface area (TPSA) is 43.7 Å². The van der Waals surface area contributed by atoms with Crippen LogP contribution in [0.2, 0.25) is 0 Å². The second-order valence-corrected chi connectivity index (χ2v) is 5.03. The Morgan fingerprint density at radius 3 is 2.53 bits per heavy atom. The van der Waals surface area contributed by atoms with Gasteiger partial charge >= 0.3 is 7.12 Å². The van der Waals surface area contributed by atoms with Crippen molar-refractivity contribution in [2.75, 3.05) is 13.1 Å². The summed E-state index contributed by atoms with van der Waals surface area (Å²) in [5.74, 6) is 0.824. The van der Waals surface area contributed by atoms with Crippen LogP contribution in [0.15, 0.2) is 24.3 Å². The van der Waals surface area contributed by atoms with Gasteiger partial charge in [-0.25, -0.2) is 0 Å². The first kappa shape index (κ1) is 12.6. The lowest BCUT2D eigenvalue weighted by Crippen LogP contribution is -2.38. The van der Waals surface area contributed by atoms with Crippen LogP contribution in [0.1, 0.15) is 25.3 Å². The molecule has 1 aliphatic rings. The van der Waals surface area contributed by atoms with E-state index >= 15 is 0 Å². The second kappa shape index (κ2) is 5.67. The molecule has 0 unspecified atom stereocenters. The maximum atomic E-state index is 9.31. The van der Waals surface area contributed by atoms with Gasteiger partial charge in [0.15, 0.2) is 0 Å². The third kappa shape index (κ3) is 3.31. The Hall–Kier alpha value is -0.835. The molecule has 1 saturated heterocycles. The molecule has 1 aromatic rings. The molecule has 0 amide bonds. The van der Waals surface area contributed by atoms with E-state index in [-0.39, 0.29) is 0 Å². The van der Waals surface area contributed by atoms with Crippen LogP contribution in [0.3, 0.4) is 0 Å². The average Bonchev–Trinajstić information content (AvgIpc) is 2.32. The Kier molecular flexibility index (Phi) is 4.21. The monoisotopic (exact) mass is 233 g/mol. The summed E-state index contributed by atoms with van der Waals surface area (Å²) in [5.41, 5.74) is 1.66. The lowest BCUT2D eigenvalue weighted by Gasteiger charge is -2.30. The van der Waals surface area contributed by atoms with Crippen molar-refractivity contribution in [3.05, 3.63) is 29.8 Å². The van der Waals surface area contributed by atoms with Gasteiger partial charge < -0.3 is 10.0 Å². The van der Waals surface area contributed by atoms with Crippen LogP contribution in [0.25, 0.3) is 0 Å². The highest BCUT2D eigenvalue weighted by Gasteiger charge is 2.19. The number of rotatable bonds is 3. The van der Waals surface area contributed by atoms with Gasteiger partial charge in [0.05, 0.1) is 0 Å². The van der Waals surface area contributed by atoms with Crippen LogP contribution < -0.4 is 5.46 Å². The van der Waals surface area contributed by atoms with E-state index in [0.717, 1.165) is 31.1 Å². The van der Waals surface area contributed by atoms with Crippen LogP contribution in [0, 0.1) is 5.92 Å². The van der Waals surface area contributed by atoms with Crippen LogP contribution in [0.4, 0.5) is 0 Å². The van der Waals surface area contributed by atoms with E-state index in [4.69, 9.17) is 0 Å². The van der Waals surface area contributed by atoms with E-state index in [2.05, 4.69) is 11.8 Å². The SMILES string of the molecule is CC1CCN(Cc2ccccc2B(O)O)CC1. The van der Waals surface area contributed by atoms with Crippen molar-refractivity contribution in [1.82, 2.24) is 4.90 Å². The Balaban J connectivity index is 2.03. The fourth-order valence-electron chi connectivity index (χ4n) is 2.39. The number of nitrogens with zero attached hydrogens (tertiary/aromatic N) is 1. The van der Waals surface area contributed by atoms with Crippen molar-refractivity contribution in [2.45, 2.75) is 26.3 Å². The van der Waals surface area contributed by atoms with Crippen molar-refractivity contribution < 1.29 is 10.0 Å². The maximum Gasteiger partial charge on any atom is 0.488 e. The van der Waals surface area contributed by atoms with Gasteiger partial charge in [-0.05, 0) is 42.9 Å². The lowest BCUT2D eigenvalue weighted by atomic mass is 9.77. The van der Waals surface area contributed by atoms with Gasteiger partial charge in [-0.15, -0.1) is 0 Å². The molecule has 1 aromatic carbocycles. The van der Waals surface area contributed by atoms with Crippen LogP contribution >= 0.6 is 0 Å². The molecular weight excluding hydrogens is 213 g/mol. The smallest absolute Gasteiger partial charge is 0.423 e. The molecule has 92 valence electrons. The van der Waals surface area contributed by atoms with Gasteiger partial charge in [0.25, 0.3) is 0 Å². The van der Waals surface area contributed by atoms with E-state index in [9.17, 15) is 10.0 Å². The first-order valence-corrected chi connectivity index (χ1v) is 6.33. The zero-order chi connectivity index (χ0) is 12.3. The first-order chi connectivity index (χ1) is 8.16. The standard InChI is InChI=1S/C13H20BNO2/c1-11-6-8-15(9-7-11)10-12-4-2-3-5-13(12)14(16)17/h2-5,11,16-17H,6-10H2,1H3. The van der Waals surface area contributed by atoms with Crippen LogP contribution in [0.5, 0.6) is 0 Å². The third-order valence-electron chi connectivity index (χ3n) is 3.60. The molecule has 2 rings (SSSR count). The molecule has 0 atom stereocenters. The van der Waals surface area contributed by atoms with E-state index in [0.29, 0.717) is 5.46 Å². The number of piperidine rings is 1. The third-order valence-corrected chi connectivity index (χ3v) is 3.60. The van der Waals surface area contributed by atoms with Gasteiger partial charge in [0.1, 0.15) is 0 Å². The second-order valence-electron chi connectivity index (χ2n) is 5.03. The summed E-state index contributed by atoms with van der Waals surface area (Å²) in [7, 11) is -1.37. The minimum atomic E-state index is -1.37. The van der Waals surface area contributed by atoms with Crippen LogP contribution in [-0.2, 0) is 6.54 Å². The summed E-state index contributed by atoms with van der Waals surface area (Å²) < 4.78 is 0. The van der Waals surface area contributed by atoms with E-state index in [1.54, 1.807) is 6.07 Å². The Labute approximate surface area is 103 Å². The summed E-state index contributed by atoms with van der Waals surface area (Å²) in [6.45, 7) is 5.33. The maximum absolute atomic E-state index is 9.31. The molecule has 1 fully saturated rings. The number of likely N-dealkylation sites (tertiary alicyclic amines) is 1. The fourth-order valence-corrected chi connectivity index (χ4v) is 2.39. The van der Waals surface area contributed by atoms with Crippen molar-refractivity contribution in [2.24, 2.45) is 5.92 Å². The number of hydrogen-bond acceptors (Lipinski definition) is 3. The summed E-state index contributed by atoms with van der Waals surface area (Å²) in [6.07, 6.45) is 2.48. The first-order valence-electron chi connectivity index (χ1n) is 6.33. The van der Waals surface area contributed by atoms with Crippen molar-refractivity contribution in [3.8, 4) is 0 Å². The fraction of sp³-hybridized carbons (Fsp3) is 0.538. The van der Waals surface area contributed by atoms with Gasteiger partial charge in [-0.3, -0.25) is 4.90 Å². The molecule has 0 aliphatic carbocycles. The minimum absolute atomic E-state index is 0.631. The predicted octanol–water partition coefficient (Wildman–Crippen LogP) is 0.598. The van der Waals surface area contributed by atoms with Crippen molar-refractivity contribution >= 4 is 12.6 Å². The zero-order valence-electron chi connectivity index (χ0n) is 10.3. The Morgan fingerprint density at radius 1 is 1.24 bits per heavy atom. The molecule has 0 radical (unpaired) electrons. The molecule has 1 aliphatic heterocycles. The zero-order valence-corrected chi connectivity index (χ0v) is 10.3. The highest BCUT2D eigenvalue weighted by molar-refractivity contribution is 6.59. The number of hydrogen-bond donors (Lipinski definition) is 2. The van der Waals surface area contributed by atoms with Crippen LogP contribution in [-0.4, -0.2) is 35.2 Å². The minimum Gasteiger partial charge on any atom is -0.423 e. The average molecular weight is 233 g/mol. The summed E-state index contributed by atoms with van der Waals surface area (Å²) in [5, 5.41) is 18.6. The van der Waals surface area contributed by atoms with E-state index < -0.39 is 7.12 Å². The highest BCUT2D eigenvalue weighted by atomic mass is 16.4. The van der Waals surface area contributed by atoms with Gasteiger partial charge in [-0.2, -0.15) is 0 Å². The van der Waals surface area contributed by atoms with Gasteiger partial charge in [0, 0.05) is 6.54 Å². The van der Waals surface area contributed by atoms with Crippen molar-refractivity contribution in [1.29, 1.82) is 0 Å². The predicted molar refractivity (Wildman–Crippen MR) is 69.9 cm³/mol.